The molecule has 0 saturated heterocycles. The zero-order valence-corrected chi connectivity index (χ0v) is 12.9. The molecular formula is C16H15ClN2S. The second-order valence-corrected chi connectivity index (χ2v) is 6.42. The van der Waals surface area contributed by atoms with Crippen LogP contribution in [0.5, 0.6) is 0 Å². The van der Waals surface area contributed by atoms with Crippen LogP contribution in [0.15, 0.2) is 41.9 Å². The van der Waals surface area contributed by atoms with Gasteiger partial charge in [0.2, 0.25) is 0 Å². The van der Waals surface area contributed by atoms with E-state index in [1.54, 1.807) is 11.3 Å². The van der Waals surface area contributed by atoms with Crippen molar-refractivity contribution in [3.63, 3.8) is 0 Å². The van der Waals surface area contributed by atoms with E-state index in [0.717, 1.165) is 20.9 Å². The van der Waals surface area contributed by atoms with Crippen LogP contribution >= 0.6 is 22.9 Å². The lowest BCUT2D eigenvalue weighted by Crippen LogP contribution is -2.06. The minimum absolute atomic E-state index is 0.213. The summed E-state index contributed by atoms with van der Waals surface area (Å²) in [6.07, 6.45) is 1.83. The fraction of sp³-hybridized carbons (Fsp3) is 0.188. The van der Waals surface area contributed by atoms with Crippen molar-refractivity contribution in [3.8, 4) is 0 Å². The van der Waals surface area contributed by atoms with Crippen molar-refractivity contribution in [3.05, 3.63) is 57.4 Å². The first kappa shape index (κ1) is 13.4. The second kappa shape index (κ2) is 5.43. The van der Waals surface area contributed by atoms with Crippen LogP contribution in [0.2, 0.25) is 4.34 Å². The highest BCUT2D eigenvalue weighted by atomic mass is 35.5. The molecule has 0 amide bonds. The Morgan fingerprint density at radius 2 is 2.15 bits per heavy atom. The third-order valence-corrected chi connectivity index (χ3v) is 4.54. The minimum Gasteiger partial charge on any atom is -0.378 e. The summed E-state index contributed by atoms with van der Waals surface area (Å²) in [7, 11) is 0. The highest BCUT2D eigenvalue weighted by Gasteiger charge is 2.10. The Hall–Kier alpha value is -1.58. The number of anilines is 1. The van der Waals surface area contributed by atoms with Gasteiger partial charge >= 0.3 is 0 Å². The molecule has 1 unspecified atom stereocenters. The fourth-order valence-corrected chi connectivity index (χ4v) is 3.29. The first-order chi connectivity index (χ1) is 9.65. The van der Waals surface area contributed by atoms with Crippen molar-refractivity contribution < 1.29 is 0 Å². The van der Waals surface area contributed by atoms with Crippen LogP contribution in [-0.4, -0.2) is 4.98 Å². The molecule has 20 heavy (non-hydrogen) atoms. The molecule has 3 aromatic rings. The summed E-state index contributed by atoms with van der Waals surface area (Å²) in [5.74, 6) is 0. The number of benzene rings is 1. The summed E-state index contributed by atoms with van der Waals surface area (Å²) >= 11 is 7.57. The molecule has 4 heteroatoms. The third-order valence-electron chi connectivity index (χ3n) is 3.43. The largest absolute Gasteiger partial charge is 0.378 e. The van der Waals surface area contributed by atoms with Crippen molar-refractivity contribution in [2.75, 3.05) is 5.32 Å². The van der Waals surface area contributed by atoms with E-state index in [2.05, 4.69) is 47.7 Å². The van der Waals surface area contributed by atoms with Crippen molar-refractivity contribution in [1.82, 2.24) is 4.98 Å². The SMILES string of the molecule is Cc1ccc(NC(C)c2csc(Cl)c2)c2cccnc12. The molecule has 1 N–H and O–H groups in total. The molecule has 1 aromatic carbocycles. The molecule has 2 nitrogen and oxygen atoms in total. The molecule has 0 fully saturated rings. The number of halogens is 1. The van der Waals surface area contributed by atoms with Crippen LogP contribution in [0, 0.1) is 6.92 Å². The van der Waals surface area contributed by atoms with Crippen molar-refractivity contribution in [2.45, 2.75) is 19.9 Å². The molecule has 0 saturated carbocycles. The smallest absolute Gasteiger partial charge is 0.0931 e. The van der Waals surface area contributed by atoms with Crippen LogP contribution in [0.4, 0.5) is 5.69 Å². The molecule has 2 aromatic heterocycles. The van der Waals surface area contributed by atoms with Gasteiger partial charge in [-0.3, -0.25) is 4.98 Å². The fourth-order valence-electron chi connectivity index (χ4n) is 2.31. The maximum Gasteiger partial charge on any atom is 0.0931 e. The average molecular weight is 303 g/mol. The number of aryl methyl sites for hydroxylation is 1. The van der Waals surface area contributed by atoms with Crippen LogP contribution in [-0.2, 0) is 0 Å². The summed E-state index contributed by atoms with van der Waals surface area (Å²) in [4.78, 5) is 4.47. The standard InChI is InChI=1S/C16H15ClN2S/c1-10-5-6-14(13-4-3-7-18-16(10)13)19-11(2)12-8-15(17)20-9-12/h3-9,11,19H,1-2H3. The number of hydrogen-bond acceptors (Lipinski definition) is 3. The zero-order chi connectivity index (χ0) is 14.1. The van der Waals surface area contributed by atoms with Gasteiger partial charge in [-0.1, -0.05) is 17.7 Å². The number of pyridine rings is 1. The molecule has 0 aliphatic carbocycles. The summed E-state index contributed by atoms with van der Waals surface area (Å²) < 4.78 is 0.823. The quantitative estimate of drug-likeness (QED) is 0.697. The molecule has 0 spiro atoms. The van der Waals surface area contributed by atoms with Gasteiger partial charge in [0.1, 0.15) is 0 Å². The molecule has 0 bridgehead atoms. The van der Waals surface area contributed by atoms with Gasteiger partial charge in [0.05, 0.1) is 9.85 Å². The van der Waals surface area contributed by atoms with Gasteiger partial charge in [-0.2, -0.15) is 0 Å². The molecule has 0 radical (unpaired) electrons. The number of nitrogens with zero attached hydrogens (tertiary/aromatic N) is 1. The van der Waals surface area contributed by atoms with Gasteiger partial charge in [0, 0.05) is 23.3 Å². The number of rotatable bonds is 3. The number of hydrogen-bond donors (Lipinski definition) is 1. The van der Waals surface area contributed by atoms with Crippen LogP contribution in [0.3, 0.4) is 0 Å². The van der Waals surface area contributed by atoms with E-state index in [9.17, 15) is 0 Å². The van der Waals surface area contributed by atoms with E-state index in [1.807, 2.05) is 18.3 Å². The molecule has 102 valence electrons. The van der Waals surface area contributed by atoms with E-state index in [4.69, 9.17) is 11.6 Å². The summed E-state index contributed by atoms with van der Waals surface area (Å²) in [6.45, 7) is 4.22. The number of fused-ring (bicyclic) bond motifs is 1. The Kier molecular flexibility index (Phi) is 3.64. The van der Waals surface area contributed by atoms with Crippen LogP contribution in [0.1, 0.15) is 24.1 Å². The lowest BCUT2D eigenvalue weighted by Gasteiger charge is -2.16. The molecule has 1 atom stereocenters. The van der Waals surface area contributed by atoms with Crippen molar-refractivity contribution in [2.24, 2.45) is 0 Å². The van der Waals surface area contributed by atoms with Gasteiger partial charge in [-0.25, -0.2) is 0 Å². The Balaban J connectivity index is 1.97. The summed E-state index contributed by atoms with van der Waals surface area (Å²) in [5, 5.41) is 6.80. The molecule has 0 aliphatic rings. The van der Waals surface area contributed by atoms with E-state index < -0.39 is 0 Å². The van der Waals surface area contributed by atoms with Gasteiger partial charge in [0.25, 0.3) is 0 Å². The van der Waals surface area contributed by atoms with Gasteiger partial charge in [0.15, 0.2) is 0 Å². The third kappa shape index (κ3) is 2.51. The first-order valence-electron chi connectivity index (χ1n) is 6.50. The van der Waals surface area contributed by atoms with E-state index in [0.29, 0.717) is 0 Å². The van der Waals surface area contributed by atoms with Crippen LogP contribution in [0.25, 0.3) is 10.9 Å². The maximum absolute atomic E-state index is 6.00. The zero-order valence-electron chi connectivity index (χ0n) is 11.4. The lowest BCUT2D eigenvalue weighted by atomic mass is 10.1. The monoisotopic (exact) mass is 302 g/mol. The average Bonchev–Trinajstić information content (AvgIpc) is 2.89. The Bertz CT molecular complexity index is 751. The highest BCUT2D eigenvalue weighted by Crippen LogP contribution is 2.30. The second-order valence-electron chi connectivity index (χ2n) is 4.88. The molecule has 0 aliphatic heterocycles. The van der Waals surface area contributed by atoms with E-state index in [1.165, 1.54) is 11.1 Å². The van der Waals surface area contributed by atoms with E-state index in [-0.39, 0.29) is 6.04 Å². The summed E-state index contributed by atoms with van der Waals surface area (Å²) in [6, 6.07) is 10.5. The number of thiophene rings is 1. The van der Waals surface area contributed by atoms with Gasteiger partial charge in [-0.15, -0.1) is 11.3 Å². The van der Waals surface area contributed by atoms with Crippen molar-refractivity contribution >= 4 is 39.5 Å². The predicted octanol–water partition coefficient (Wildman–Crippen LogP) is 5.43. The van der Waals surface area contributed by atoms with Crippen LogP contribution < -0.4 is 5.32 Å². The van der Waals surface area contributed by atoms with Gasteiger partial charge < -0.3 is 5.32 Å². The number of nitrogens with one attached hydrogen (secondary N) is 1. The predicted molar refractivity (Wildman–Crippen MR) is 87.8 cm³/mol. The molecule has 3 rings (SSSR count). The summed E-state index contributed by atoms with van der Waals surface area (Å²) in [5.41, 5.74) is 4.55. The van der Waals surface area contributed by atoms with Gasteiger partial charge in [-0.05, 0) is 54.6 Å². The first-order valence-corrected chi connectivity index (χ1v) is 7.75. The maximum atomic E-state index is 6.00. The molecule has 2 heterocycles. The minimum atomic E-state index is 0.213. The molecular weight excluding hydrogens is 288 g/mol. The van der Waals surface area contributed by atoms with Crippen molar-refractivity contribution in [1.29, 1.82) is 0 Å². The highest BCUT2D eigenvalue weighted by molar-refractivity contribution is 7.14. The normalized spacial score (nSPS) is 12.6. The van der Waals surface area contributed by atoms with E-state index >= 15 is 0 Å². The Labute approximate surface area is 127 Å². The lowest BCUT2D eigenvalue weighted by molar-refractivity contribution is 0.892. The Morgan fingerprint density at radius 1 is 1.30 bits per heavy atom. The number of aromatic nitrogens is 1. The topological polar surface area (TPSA) is 24.9 Å². The Morgan fingerprint density at radius 3 is 2.90 bits per heavy atom.